The molecule has 14 heavy (non-hydrogen) atoms. The van der Waals surface area contributed by atoms with Crippen molar-refractivity contribution in [1.82, 2.24) is 0 Å². The van der Waals surface area contributed by atoms with E-state index in [0.717, 1.165) is 0 Å². The normalized spacial score (nSPS) is 13.3. The van der Waals surface area contributed by atoms with Crippen LogP contribution in [0.25, 0.3) is 0 Å². The van der Waals surface area contributed by atoms with Gasteiger partial charge in [-0.25, -0.2) is 0 Å². The van der Waals surface area contributed by atoms with Gasteiger partial charge in [0.05, 0.1) is 0 Å². The highest BCUT2D eigenvalue weighted by atomic mass is 35.5. The molecule has 0 aromatic rings. The smallest absolute Gasteiger partial charge is 0.188 e. The number of halogens is 6. The summed E-state index contributed by atoms with van der Waals surface area (Å²) in [4.78, 5) is 0. The molecule has 0 aromatic carbocycles. The van der Waals surface area contributed by atoms with E-state index in [1.807, 2.05) is 0 Å². The van der Waals surface area contributed by atoms with Gasteiger partial charge in [0.1, 0.15) is 0 Å². The van der Waals surface area contributed by atoms with Crippen LogP contribution in [-0.2, 0) is 0 Å². The number of hydrogen-bond acceptors (Lipinski definition) is 0. The van der Waals surface area contributed by atoms with E-state index in [9.17, 15) is 22.0 Å². The average Bonchev–Trinajstić information content (AvgIpc) is 1.92. The Hall–Kier alpha value is -0.0600. The Morgan fingerprint density at radius 1 is 0.714 bits per heavy atom. The highest BCUT2D eigenvalue weighted by molar-refractivity contribution is 6.21. The van der Waals surface area contributed by atoms with Gasteiger partial charge < -0.3 is 0 Å². The summed E-state index contributed by atoms with van der Waals surface area (Å²) in [5, 5.41) is -3.22. The van der Waals surface area contributed by atoms with Crippen molar-refractivity contribution in [1.29, 1.82) is 0 Å². The molecule has 0 N–H and O–H groups in total. The molecule has 0 amide bonds. The minimum absolute atomic E-state index is 0.00262. The molecule has 0 aliphatic heterocycles. The molecule has 0 nitrogen and oxygen atoms in total. The van der Waals surface area contributed by atoms with Crippen LogP contribution < -0.4 is 0 Å². The molecule has 0 heterocycles. The van der Waals surface area contributed by atoms with Gasteiger partial charge in [0.2, 0.25) is 0 Å². The van der Waals surface area contributed by atoms with Crippen LogP contribution in [0.15, 0.2) is 0 Å². The molecule has 0 spiro atoms. The molecule has 0 bridgehead atoms. The number of hydrogen-bond donors (Lipinski definition) is 0. The van der Waals surface area contributed by atoms with Crippen LogP contribution in [0.4, 0.5) is 22.0 Å². The standard InChI is InChI=1S/C8H12ClF5/c9-7(10,11)5-3-1-2-4-6-8(12,13)14/h1-6H2. The minimum atomic E-state index is -4.14. The van der Waals surface area contributed by atoms with E-state index in [0.29, 0.717) is 12.8 Å². The van der Waals surface area contributed by atoms with Gasteiger partial charge in [-0.05, 0) is 24.4 Å². The zero-order valence-corrected chi connectivity index (χ0v) is 8.27. The Morgan fingerprint density at radius 2 is 1.14 bits per heavy atom. The number of rotatable bonds is 6. The van der Waals surface area contributed by atoms with Crippen molar-refractivity contribution in [3.63, 3.8) is 0 Å². The first-order valence-corrected chi connectivity index (χ1v) is 4.72. The summed E-state index contributed by atoms with van der Waals surface area (Å²) < 4.78 is 58.9. The van der Waals surface area contributed by atoms with Gasteiger partial charge >= 0.3 is 11.6 Å². The van der Waals surface area contributed by atoms with Gasteiger partial charge in [-0.2, -0.15) is 22.0 Å². The second-order valence-corrected chi connectivity index (χ2v) is 3.70. The fraction of sp³-hybridized carbons (Fsp3) is 1.00. The van der Waals surface area contributed by atoms with Gasteiger partial charge in [-0.15, -0.1) is 0 Å². The largest absolute Gasteiger partial charge is 0.389 e. The molecule has 86 valence electrons. The summed E-state index contributed by atoms with van der Waals surface area (Å²) in [7, 11) is 0. The quantitative estimate of drug-likeness (QED) is 0.357. The zero-order chi connectivity index (χ0) is 11.2. The van der Waals surface area contributed by atoms with E-state index in [1.54, 1.807) is 0 Å². The van der Waals surface area contributed by atoms with E-state index in [-0.39, 0.29) is 12.8 Å². The highest BCUT2D eigenvalue weighted by Gasteiger charge is 2.26. The van der Waals surface area contributed by atoms with Crippen LogP contribution in [0, 0.1) is 0 Å². The molecule has 0 fully saturated rings. The van der Waals surface area contributed by atoms with Crippen molar-refractivity contribution in [3.8, 4) is 0 Å². The Kier molecular flexibility index (Phi) is 5.71. The maximum atomic E-state index is 12.0. The molecular weight excluding hydrogens is 227 g/mol. The predicted molar refractivity (Wildman–Crippen MR) is 44.6 cm³/mol. The second kappa shape index (κ2) is 5.73. The predicted octanol–water partition coefficient (Wildman–Crippen LogP) is 4.72. The van der Waals surface area contributed by atoms with Crippen molar-refractivity contribution in [2.75, 3.05) is 0 Å². The van der Waals surface area contributed by atoms with Crippen molar-refractivity contribution >= 4 is 11.6 Å². The van der Waals surface area contributed by atoms with E-state index < -0.39 is 24.4 Å². The molecule has 0 saturated carbocycles. The third kappa shape index (κ3) is 11.9. The van der Waals surface area contributed by atoms with Gasteiger partial charge in [-0.3, -0.25) is 0 Å². The monoisotopic (exact) mass is 238 g/mol. The van der Waals surface area contributed by atoms with Crippen LogP contribution >= 0.6 is 11.6 Å². The summed E-state index contributed by atoms with van der Waals surface area (Å²) in [5.74, 6) is 0. The Balaban J connectivity index is 3.23. The maximum absolute atomic E-state index is 12.0. The van der Waals surface area contributed by atoms with Gasteiger partial charge in [0.25, 0.3) is 0 Å². The van der Waals surface area contributed by atoms with Crippen LogP contribution in [0.3, 0.4) is 0 Å². The zero-order valence-electron chi connectivity index (χ0n) is 7.51. The average molecular weight is 239 g/mol. The van der Waals surface area contributed by atoms with Crippen molar-refractivity contribution in [3.05, 3.63) is 0 Å². The molecule has 0 atom stereocenters. The number of unbranched alkanes of at least 4 members (excludes halogenated alkanes) is 3. The lowest BCUT2D eigenvalue weighted by Crippen LogP contribution is -2.07. The molecule has 0 unspecified atom stereocenters. The lowest BCUT2D eigenvalue weighted by molar-refractivity contribution is -0.135. The van der Waals surface area contributed by atoms with Gasteiger partial charge in [0, 0.05) is 12.8 Å². The first kappa shape index (κ1) is 13.9. The lowest BCUT2D eigenvalue weighted by Gasteiger charge is -2.07. The van der Waals surface area contributed by atoms with E-state index in [1.165, 1.54) is 0 Å². The first-order valence-electron chi connectivity index (χ1n) is 4.34. The third-order valence-electron chi connectivity index (χ3n) is 1.67. The fourth-order valence-corrected chi connectivity index (χ4v) is 1.14. The molecule has 0 radical (unpaired) electrons. The first-order chi connectivity index (χ1) is 6.21. The van der Waals surface area contributed by atoms with Gasteiger partial charge in [-0.1, -0.05) is 12.8 Å². The molecule has 0 saturated heterocycles. The minimum Gasteiger partial charge on any atom is -0.188 e. The fourth-order valence-electron chi connectivity index (χ4n) is 1.00. The summed E-state index contributed by atoms with van der Waals surface area (Å²) in [5.41, 5.74) is 0. The van der Waals surface area contributed by atoms with Gasteiger partial charge in [0.15, 0.2) is 0 Å². The maximum Gasteiger partial charge on any atom is 0.389 e. The van der Waals surface area contributed by atoms with E-state index in [4.69, 9.17) is 0 Å². The third-order valence-corrected chi connectivity index (χ3v) is 1.86. The van der Waals surface area contributed by atoms with Crippen molar-refractivity contribution in [2.45, 2.75) is 50.1 Å². The Bertz CT molecular complexity index is 131. The summed E-state index contributed by atoms with van der Waals surface area (Å²) in [6, 6.07) is 0. The van der Waals surface area contributed by atoms with E-state index >= 15 is 0 Å². The second-order valence-electron chi connectivity index (χ2n) is 3.14. The molecule has 0 aliphatic rings. The number of alkyl halides is 6. The molecule has 0 aromatic heterocycles. The lowest BCUT2D eigenvalue weighted by atomic mass is 10.1. The Morgan fingerprint density at radius 3 is 1.50 bits per heavy atom. The topological polar surface area (TPSA) is 0 Å². The van der Waals surface area contributed by atoms with Crippen LogP contribution in [-0.4, -0.2) is 11.6 Å². The highest BCUT2D eigenvalue weighted by Crippen LogP contribution is 2.27. The molecule has 6 heteroatoms. The molecule has 0 rings (SSSR count). The molecular formula is C8H12ClF5. The SMILES string of the molecule is FC(F)(F)CCCCCCC(F)(F)Cl. The summed E-state index contributed by atoms with van der Waals surface area (Å²) in [6.07, 6.45) is -4.63. The van der Waals surface area contributed by atoms with Crippen molar-refractivity contribution < 1.29 is 22.0 Å². The van der Waals surface area contributed by atoms with Crippen LogP contribution in [0.5, 0.6) is 0 Å². The van der Waals surface area contributed by atoms with Crippen LogP contribution in [0.2, 0.25) is 0 Å². The summed E-state index contributed by atoms with van der Waals surface area (Å²) in [6.45, 7) is 0. The van der Waals surface area contributed by atoms with Crippen LogP contribution in [0.1, 0.15) is 38.5 Å². The van der Waals surface area contributed by atoms with Crippen molar-refractivity contribution in [2.24, 2.45) is 0 Å². The Labute approximate surface area is 84.4 Å². The summed E-state index contributed by atoms with van der Waals surface area (Å²) >= 11 is 4.61. The van der Waals surface area contributed by atoms with E-state index in [2.05, 4.69) is 11.6 Å². The molecule has 0 aliphatic carbocycles.